The van der Waals surface area contributed by atoms with E-state index in [4.69, 9.17) is 4.74 Å². The summed E-state index contributed by atoms with van der Waals surface area (Å²) in [4.78, 5) is 7.57. The van der Waals surface area contributed by atoms with Gasteiger partial charge in [-0.2, -0.15) is 0 Å². The molecule has 0 saturated carbocycles. The van der Waals surface area contributed by atoms with Crippen molar-refractivity contribution in [3.63, 3.8) is 0 Å². The fourth-order valence-electron chi connectivity index (χ4n) is 4.30. The van der Waals surface area contributed by atoms with Crippen molar-refractivity contribution in [1.29, 1.82) is 0 Å². The lowest BCUT2D eigenvalue weighted by Crippen LogP contribution is -2.42. The second kappa shape index (κ2) is 11.7. The van der Waals surface area contributed by atoms with E-state index in [1.165, 1.54) is 17.2 Å². The topological polar surface area (TPSA) is 61.4 Å². The summed E-state index contributed by atoms with van der Waals surface area (Å²) in [6.07, 6.45) is 5.05. The largest absolute Gasteiger partial charge is 0.373 e. The van der Waals surface area contributed by atoms with Crippen molar-refractivity contribution in [2.24, 2.45) is 10.9 Å². The molecule has 0 amide bonds. The first-order chi connectivity index (χ1) is 15.1. The number of rotatable bonds is 6. The van der Waals surface area contributed by atoms with E-state index in [0.717, 1.165) is 54.8 Å². The van der Waals surface area contributed by atoms with Crippen LogP contribution in [0.15, 0.2) is 53.7 Å². The maximum absolute atomic E-state index is 13.6. The number of ether oxygens (including phenoxy) is 1. The number of aromatic amines is 1. The Labute approximate surface area is 206 Å². The number of hydrogen-bond acceptors (Lipinski definition) is 2. The Morgan fingerprint density at radius 2 is 2.00 bits per heavy atom. The number of benzene rings is 2. The highest BCUT2D eigenvalue weighted by Crippen LogP contribution is 2.33. The van der Waals surface area contributed by atoms with Gasteiger partial charge in [0.2, 0.25) is 0 Å². The summed E-state index contributed by atoms with van der Waals surface area (Å²) in [5.41, 5.74) is 4.55. The van der Waals surface area contributed by atoms with Crippen molar-refractivity contribution in [1.82, 2.24) is 15.6 Å². The average Bonchev–Trinajstić information content (AvgIpc) is 3.19. The Hall–Kier alpha value is -2.13. The number of hydrogen-bond donors (Lipinski definition) is 3. The zero-order chi connectivity index (χ0) is 21.6. The van der Waals surface area contributed by atoms with Gasteiger partial charge in [0.05, 0.1) is 6.10 Å². The van der Waals surface area contributed by atoms with Gasteiger partial charge in [-0.3, -0.25) is 4.99 Å². The molecule has 1 fully saturated rings. The first kappa shape index (κ1) is 24.5. The second-order valence-electron chi connectivity index (χ2n) is 8.24. The van der Waals surface area contributed by atoms with Crippen LogP contribution in [-0.4, -0.2) is 37.7 Å². The number of nitrogens with one attached hydrogen (secondary N) is 3. The summed E-state index contributed by atoms with van der Waals surface area (Å²) in [5.74, 6) is 0.961. The Bertz CT molecular complexity index is 1030. The molecule has 2 atom stereocenters. The molecule has 3 aromatic rings. The highest BCUT2D eigenvalue weighted by molar-refractivity contribution is 14.0. The lowest BCUT2D eigenvalue weighted by atomic mass is 9.89. The maximum atomic E-state index is 13.6. The summed E-state index contributed by atoms with van der Waals surface area (Å²) in [7, 11) is 1.78. The summed E-state index contributed by atoms with van der Waals surface area (Å²) in [5, 5.41) is 7.78. The Morgan fingerprint density at radius 3 is 2.78 bits per heavy atom. The number of aliphatic imine (C=N–C) groups is 1. The molecule has 2 aromatic carbocycles. The first-order valence-electron chi connectivity index (χ1n) is 11.0. The quantitative estimate of drug-likeness (QED) is 0.227. The van der Waals surface area contributed by atoms with Crippen LogP contribution in [0.2, 0.25) is 0 Å². The van der Waals surface area contributed by atoms with Crippen molar-refractivity contribution < 1.29 is 9.13 Å². The van der Waals surface area contributed by atoms with Crippen LogP contribution in [0.25, 0.3) is 10.9 Å². The Balaban J connectivity index is 0.00000289. The molecule has 3 N–H and O–H groups in total. The first-order valence-corrected chi connectivity index (χ1v) is 11.0. The summed E-state index contributed by atoms with van der Waals surface area (Å²) in [6.45, 7) is 4.43. The number of halogens is 2. The van der Waals surface area contributed by atoms with Crippen molar-refractivity contribution in [3.8, 4) is 0 Å². The predicted octanol–water partition coefficient (Wildman–Crippen LogP) is 5.11. The van der Waals surface area contributed by atoms with E-state index < -0.39 is 0 Å². The van der Waals surface area contributed by atoms with E-state index in [1.807, 2.05) is 6.20 Å². The van der Waals surface area contributed by atoms with Gasteiger partial charge in [-0.15, -0.1) is 24.0 Å². The Morgan fingerprint density at radius 1 is 1.19 bits per heavy atom. The van der Waals surface area contributed by atoms with Crippen molar-refractivity contribution in [2.45, 2.75) is 32.3 Å². The van der Waals surface area contributed by atoms with Crippen molar-refractivity contribution in [3.05, 3.63) is 71.2 Å². The van der Waals surface area contributed by atoms with Gasteiger partial charge in [-0.25, -0.2) is 4.39 Å². The Kier molecular flexibility index (Phi) is 8.92. The zero-order valence-corrected chi connectivity index (χ0v) is 21.0. The fourth-order valence-corrected chi connectivity index (χ4v) is 4.30. The summed E-state index contributed by atoms with van der Waals surface area (Å²) < 4.78 is 19.7. The molecule has 0 bridgehead atoms. The number of guanidine groups is 1. The molecule has 2 heterocycles. The molecule has 7 heteroatoms. The molecule has 2 unspecified atom stereocenters. The molecule has 0 radical (unpaired) electrons. The van der Waals surface area contributed by atoms with Crippen LogP contribution in [0.3, 0.4) is 0 Å². The number of H-pyrrole nitrogens is 1. The number of aromatic nitrogens is 1. The fraction of sp³-hybridized carbons (Fsp3) is 0.400. The van der Waals surface area contributed by atoms with Crippen molar-refractivity contribution >= 4 is 40.8 Å². The third-order valence-corrected chi connectivity index (χ3v) is 6.02. The SMILES string of the molecule is CN=C(NCCc1c[nH]c2ccc(F)cc12)NCC1CCCOC1c1ccc(C)cc1.I. The van der Waals surface area contributed by atoms with Crippen LogP contribution in [0, 0.1) is 18.7 Å². The van der Waals surface area contributed by atoms with Gasteiger partial charge in [-0.1, -0.05) is 29.8 Å². The second-order valence-corrected chi connectivity index (χ2v) is 8.24. The minimum Gasteiger partial charge on any atom is -0.373 e. The van der Waals surface area contributed by atoms with E-state index in [-0.39, 0.29) is 35.9 Å². The van der Waals surface area contributed by atoms with Gasteiger partial charge in [0.25, 0.3) is 0 Å². The van der Waals surface area contributed by atoms with Gasteiger partial charge in [0, 0.05) is 49.8 Å². The van der Waals surface area contributed by atoms with Crippen LogP contribution in [0.1, 0.15) is 35.6 Å². The molecule has 5 nitrogen and oxygen atoms in total. The van der Waals surface area contributed by atoms with Gasteiger partial charge in [-0.05, 0) is 55.5 Å². The van der Waals surface area contributed by atoms with Crippen LogP contribution < -0.4 is 10.6 Å². The summed E-state index contributed by atoms with van der Waals surface area (Å²) >= 11 is 0. The zero-order valence-electron chi connectivity index (χ0n) is 18.7. The number of aryl methyl sites for hydroxylation is 1. The number of nitrogens with zero attached hydrogens (tertiary/aromatic N) is 1. The normalized spacial score (nSPS) is 18.9. The van der Waals surface area contributed by atoms with E-state index in [9.17, 15) is 4.39 Å². The predicted molar refractivity (Wildman–Crippen MR) is 139 cm³/mol. The van der Waals surface area contributed by atoms with Gasteiger partial charge in [0.15, 0.2) is 5.96 Å². The van der Waals surface area contributed by atoms with E-state index >= 15 is 0 Å². The molecule has 1 aromatic heterocycles. The summed E-state index contributed by atoms with van der Waals surface area (Å²) in [6, 6.07) is 13.5. The van der Waals surface area contributed by atoms with E-state index in [1.54, 1.807) is 19.2 Å². The molecule has 0 spiro atoms. The monoisotopic (exact) mass is 550 g/mol. The molecular formula is C25H32FIN4O. The lowest BCUT2D eigenvalue weighted by Gasteiger charge is -2.32. The van der Waals surface area contributed by atoms with Crippen LogP contribution in [-0.2, 0) is 11.2 Å². The average molecular weight is 550 g/mol. The number of fused-ring (bicyclic) bond motifs is 1. The van der Waals surface area contributed by atoms with Gasteiger partial charge >= 0.3 is 0 Å². The van der Waals surface area contributed by atoms with Gasteiger partial charge in [0.1, 0.15) is 5.82 Å². The highest BCUT2D eigenvalue weighted by Gasteiger charge is 2.27. The van der Waals surface area contributed by atoms with Crippen LogP contribution in [0.4, 0.5) is 4.39 Å². The minimum absolute atomic E-state index is 0. The van der Waals surface area contributed by atoms with Crippen LogP contribution in [0.5, 0.6) is 0 Å². The standard InChI is InChI=1S/C25H31FN4O.HI/c1-17-5-7-18(8-6-17)24-20(4-3-13-31-24)16-30-25(27-2)28-12-11-19-15-29-23-10-9-21(26)14-22(19)23;/h5-10,14-15,20,24,29H,3-4,11-13,16H2,1-2H3,(H2,27,28,30);1H. The lowest BCUT2D eigenvalue weighted by molar-refractivity contribution is -0.0265. The maximum Gasteiger partial charge on any atom is 0.190 e. The third-order valence-electron chi connectivity index (χ3n) is 6.02. The van der Waals surface area contributed by atoms with Gasteiger partial charge < -0.3 is 20.4 Å². The molecule has 4 rings (SSSR count). The molecular weight excluding hydrogens is 518 g/mol. The van der Waals surface area contributed by atoms with Crippen molar-refractivity contribution in [2.75, 3.05) is 26.7 Å². The molecule has 1 aliphatic heterocycles. The highest BCUT2D eigenvalue weighted by atomic mass is 127. The minimum atomic E-state index is -0.211. The molecule has 172 valence electrons. The molecule has 1 saturated heterocycles. The molecule has 1 aliphatic rings. The van der Waals surface area contributed by atoms with E-state index in [0.29, 0.717) is 12.5 Å². The third kappa shape index (κ3) is 6.01. The van der Waals surface area contributed by atoms with Crippen LogP contribution >= 0.6 is 24.0 Å². The smallest absolute Gasteiger partial charge is 0.190 e. The van der Waals surface area contributed by atoms with E-state index in [2.05, 4.69) is 51.8 Å². The molecule has 0 aliphatic carbocycles. The molecule has 32 heavy (non-hydrogen) atoms.